The highest BCUT2D eigenvalue weighted by molar-refractivity contribution is 5.90. The van der Waals surface area contributed by atoms with Crippen LogP contribution in [0.3, 0.4) is 0 Å². The quantitative estimate of drug-likeness (QED) is 0.308. The van der Waals surface area contributed by atoms with Crippen molar-refractivity contribution in [2.45, 2.75) is 44.3 Å². The second-order valence-electron chi connectivity index (χ2n) is 10.8. The van der Waals surface area contributed by atoms with Gasteiger partial charge in [-0.2, -0.15) is 18.3 Å². The van der Waals surface area contributed by atoms with Gasteiger partial charge in [0.1, 0.15) is 12.9 Å². The molecule has 9 nitrogen and oxygen atoms in total. The third kappa shape index (κ3) is 6.36. The van der Waals surface area contributed by atoms with E-state index in [9.17, 15) is 22.8 Å². The topological polar surface area (TPSA) is 97.1 Å². The summed E-state index contributed by atoms with van der Waals surface area (Å²) in [6.45, 7) is 0.125. The van der Waals surface area contributed by atoms with E-state index in [0.29, 0.717) is 23.7 Å². The number of nitrogens with one attached hydrogen (secondary N) is 2. The van der Waals surface area contributed by atoms with Crippen LogP contribution >= 0.6 is 0 Å². The van der Waals surface area contributed by atoms with Crippen molar-refractivity contribution >= 4 is 28.7 Å². The minimum Gasteiger partial charge on any atom is -0.343 e. The van der Waals surface area contributed by atoms with Crippen LogP contribution in [0.25, 0.3) is 27.8 Å². The number of aromatic nitrogens is 4. The number of piperidine rings is 1. The number of likely N-dealkylation sites (tertiary alicyclic amines) is 1. The van der Waals surface area contributed by atoms with Crippen molar-refractivity contribution in [1.82, 2.24) is 29.5 Å². The highest BCUT2D eigenvalue weighted by atomic mass is 19.4. The molecule has 2 aromatic heterocycles. The summed E-state index contributed by atoms with van der Waals surface area (Å²) >= 11 is 0. The Morgan fingerprint density at radius 3 is 2.56 bits per heavy atom. The molecule has 2 fully saturated rings. The number of fused-ring (bicyclic) bond motifs is 1. The number of benzene rings is 2. The van der Waals surface area contributed by atoms with Gasteiger partial charge in [-0.05, 0) is 67.5 Å². The molecule has 214 valence electrons. The lowest BCUT2D eigenvalue weighted by molar-refractivity contribution is -0.132. The summed E-state index contributed by atoms with van der Waals surface area (Å²) < 4.78 is 41.0. The molecule has 41 heavy (non-hydrogen) atoms. The summed E-state index contributed by atoms with van der Waals surface area (Å²) in [7, 11) is 0. The number of anilines is 1. The van der Waals surface area contributed by atoms with Crippen molar-refractivity contribution in [3.8, 4) is 16.8 Å². The molecule has 3 amide bonds. The molecule has 1 aliphatic heterocycles. The Balaban J connectivity index is 1.12. The van der Waals surface area contributed by atoms with E-state index in [1.807, 2.05) is 50.8 Å². The molecule has 2 N–H and O–H groups in total. The van der Waals surface area contributed by atoms with Crippen LogP contribution in [0.5, 0.6) is 0 Å². The summed E-state index contributed by atoms with van der Waals surface area (Å²) in [5.41, 5.74) is 4.60. The second kappa shape index (κ2) is 10.9. The maximum absolute atomic E-state index is 12.4. The van der Waals surface area contributed by atoms with Gasteiger partial charge in [-0.3, -0.25) is 14.0 Å². The fourth-order valence-electron chi connectivity index (χ4n) is 5.25. The van der Waals surface area contributed by atoms with Gasteiger partial charge in [0.2, 0.25) is 5.91 Å². The third-order valence-corrected chi connectivity index (χ3v) is 7.67. The number of halogens is 3. The number of amides is 3. The minimum atomic E-state index is -4.49. The van der Waals surface area contributed by atoms with E-state index in [1.165, 1.54) is 12.8 Å². The highest BCUT2D eigenvalue weighted by Gasteiger charge is 2.30. The van der Waals surface area contributed by atoms with Crippen LogP contribution in [0.2, 0.25) is 0 Å². The Bertz CT molecular complexity index is 1570. The lowest BCUT2D eigenvalue weighted by Crippen LogP contribution is -2.39. The molecule has 3 heterocycles. The predicted octanol–water partition coefficient (Wildman–Crippen LogP) is 5.54. The first kappa shape index (κ1) is 26.9. The van der Waals surface area contributed by atoms with E-state index in [0.717, 1.165) is 48.1 Å². The first-order valence-electron chi connectivity index (χ1n) is 13.7. The van der Waals surface area contributed by atoms with E-state index >= 15 is 0 Å². The SMILES string of the molecule is O=C(NCC(F)(F)F)Nc1cccc(-n2cnc3cc(-c4cnn(C5CCN(C(=O)CC6CC6)CC5)c4)ccc32)c1. The van der Waals surface area contributed by atoms with E-state index < -0.39 is 18.8 Å². The fourth-order valence-corrected chi connectivity index (χ4v) is 5.25. The molecule has 12 heteroatoms. The van der Waals surface area contributed by atoms with Gasteiger partial charge in [0, 0.05) is 42.6 Å². The Morgan fingerprint density at radius 1 is 1.00 bits per heavy atom. The molecule has 0 radical (unpaired) electrons. The Morgan fingerprint density at radius 2 is 1.80 bits per heavy atom. The maximum Gasteiger partial charge on any atom is 0.405 e. The standard InChI is InChI=1S/C29H30F3N7O2/c30-29(31,32)17-33-28(41)36-22-2-1-3-24(14-22)38-18-34-25-13-20(6-7-26(25)38)21-15-35-39(16-21)23-8-10-37(11-9-23)27(40)12-19-4-5-19/h1-3,6-7,13-16,18-19,23H,4-5,8-12,17H2,(H2,33,36,41). The van der Waals surface area contributed by atoms with Gasteiger partial charge in [0.25, 0.3) is 0 Å². The van der Waals surface area contributed by atoms with Gasteiger partial charge in [-0.1, -0.05) is 12.1 Å². The molecular formula is C29H30F3N7O2. The average Bonchev–Trinajstić information content (AvgIpc) is 3.45. The summed E-state index contributed by atoms with van der Waals surface area (Å²) in [4.78, 5) is 30.8. The van der Waals surface area contributed by atoms with E-state index in [1.54, 1.807) is 29.8 Å². The summed E-state index contributed by atoms with van der Waals surface area (Å²) in [6, 6.07) is 12.0. The van der Waals surface area contributed by atoms with E-state index in [-0.39, 0.29) is 11.9 Å². The van der Waals surface area contributed by atoms with Gasteiger partial charge in [0.15, 0.2) is 0 Å². The van der Waals surface area contributed by atoms with Crippen LogP contribution < -0.4 is 10.6 Å². The van der Waals surface area contributed by atoms with Crippen molar-refractivity contribution in [3.05, 3.63) is 61.2 Å². The summed E-state index contributed by atoms with van der Waals surface area (Å²) in [5.74, 6) is 0.891. The zero-order chi connectivity index (χ0) is 28.6. The molecule has 6 rings (SSSR count). The molecule has 1 aliphatic carbocycles. The number of carbonyl (C=O) groups is 2. The first-order chi connectivity index (χ1) is 19.7. The van der Waals surface area contributed by atoms with Crippen LogP contribution in [-0.2, 0) is 4.79 Å². The Hall–Kier alpha value is -4.35. The molecule has 1 saturated heterocycles. The fraction of sp³-hybridized carbons (Fsp3) is 0.379. The number of rotatable bonds is 7. The van der Waals surface area contributed by atoms with Crippen molar-refractivity contribution in [2.24, 2.45) is 5.92 Å². The monoisotopic (exact) mass is 565 g/mol. The molecule has 0 spiro atoms. The largest absolute Gasteiger partial charge is 0.405 e. The van der Waals surface area contributed by atoms with E-state index in [2.05, 4.69) is 15.4 Å². The van der Waals surface area contributed by atoms with Gasteiger partial charge < -0.3 is 15.5 Å². The molecule has 2 aliphatic rings. The van der Waals surface area contributed by atoms with Gasteiger partial charge >= 0.3 is 12.2 Å². The summed E-state index contributed by atoms with van der Waals surface area (Å²) in [6.07, 6.45) is 5.92. The maximum atomic E-state index is 12.4. The van der Waals surface area contributed by atoms with Gasteiger partial charge in [-0.15, -0.1) is 0 Å². The number of hydrogen-bond donors (Lipinski definition) is 2. The zero-order valence-corrected chi connectivity index (χ0v) is 22.3. The number of urea groups is 1. The molecule has 4 aromatic rings. The van der Waals surface area contributed by atoms with Crippen molar-refractivity contribution in [3.63, 3.8) is 0 Å². The zero-order valence-electron chi connectivity index (χ0n) is 22.3. The second-order valence-corrected chi connectivity index (χ2v) is 10.8. The van der Waals surface area contributed by atoms with Crippen molar-refractivity contribution in [2.75, 3.05) is 25.0 Å². The van der Waals surface area contributed by atoms with Crippen LogP contribution in [0.15, 0.2) is 61.2 Å². The van der Waals surface area contributed by atoms with Crippen LogP contribution in [0.1, 0.15) is 38.1 Å². The van der Waals surface area contributed by atoms with Crippen LogP contribution in [0, 0.1) is 5.92 Å². The average molecular weight is 566 g/mol. The number of hydrogen-bond acceptors (Lipinski definition) is 4. The first-order valence-corrected chi connectivity index (χ1v) is 13.7. The lowest BCUT2D eigenvalue weighted by atomic mass is 10.0. The smallest absolute Gasteiger partial charge is 0.343 e. The molecule has 2 aromatic carbocycles. The minimum absolute atomic E-state index is 0.257. The molecule has 0 atom stereocenters. The predicted molar refractivity (Wildman–Crippen MR) is 148 cm³/mol. The number of nitrogens with zero attached hydrogens (tertiary/aromatic N) is 5. The van der Waals surface area contributed by atoms with Crippen LogP contribution in [-0.4, -0.2) is 62.0 Å². The number of imidazole rings is 1. The number of alkyl halides is 3. The third-order valence-electron chi connectivity index (χ3n) is 7.67. The van der Waals surface area contributed by atoms with Crippen molar-refractivity contribution < 1.29 is 22.8 Å². The van der Waals surface area contributed by atoms with Gasteiger partial charge in [0.05, 0.1) is 23.3 Å². The molecule has 0 unspecified atom stereocenters. The number of carbonyl (C=O) groups excluding carboxylic acids is 2. The Labute approximate surface area is 234 Å². The van der Waals surface area contributed by atoms with Crippen molar-refractivity contribution in [1.29, 1.82) is 0 Å². The molecule has 1 saturated carbocycles. The normalized spacial score (nSPS) is 16.2. The van der Waals surface area contributed by atoms with Gasteiger partial charge in [-0.25, -0.2) is 9.78 Å². The molecular weight excluding hydrogens is 535 g/mol. The van der Waals surface area contributed by atoms with E-state index in [4.69, 9.17) is 0 Å². The summed E-state index contributed by atoms with van der Waals surface area (Å²) in [5, 5.41) is 8.85. The molecule has 0 bridgehead atoms. The van der Waals surface area contributed by atoms with Crippen LogP contribution in [0.4, 0.5) is 23.7 Å². The highest BCUT2D eigenvalue weighted by Crippen LogP contribution is 2.34. The Kier molecular flexibility index (Phi) is 7.14. The lowest BCUT2D eigenvalue weighted by Gasteiger charge is -2.32.